The Morgan fingerprint density at radius 1 is 1.42 bits per heavy atom. The molecule has 0 aliphatic carbocycles. The molecule has 0 spiro atoms. The molecule has 0 saturated heterocycles. The first-order valence-electron chi connectivity index (χ1n) is 4.92. The molecule has 1 N–H and O–H groups in total. The molecule has 19 heavy (non-hydrogen) atoms. The Balaban J connectivity index is 2.39. The Labute approximate surface area is 119 Å². The number of aromatic amines is 1. The largest absolute Gasteiger partial charge is 0.453 e. The molecule has 0 aliphatic heterocycles. The normalized spacial score (nSPS) is 12.2. The van der Waals surface area contributed by atoms with Crippen LogP contribution in [0.5, 0.6) is 0 Å². The number of H-pyrrole nitrogens is 1. The second-order valence-corrected chi connectivity index (χ2v) is 4.76. The lowest BCUT2D eigenvalue weighted by Gasteiger charge is -2.03. The Morgan fingerprint density at radius 3 is 2.79 bits per heavy atom. The lowest BCUT2D eigenvalue weighted by atomic mass is 10.2. The van der Waals surface area contributed by atoms with Crippen LogP contribution >= 0.6 is 28.1 Å². The maximum Gasteiger partial charge on any atom is 0.453 e. The maximum atomic E-state index is 12.6. The summed E-state index contributed by atoms with van der Waals surface area (Å²) in [5.41, 5.74) is 0.630. The van der Waals surface area contributed by atoms with Gasteiger partial charge in [0.15, 0.2) is 0 Å². The highest BCUT2D eigenvalue weighted by molar-refractivity contribution is 9.10. The lowest BCUT2D eigenvalue weighted by Crippen LogP contribution is -2.12. The summed E-state index contributed by atoms with van der Waals surface area (Å²) >= 11 is 7.96. The van der Waals surface area contributed by atoms with Crippen molar-refractivity contribution in [3.8, 4) is 0 Å². The van der Waals surface area contributed by atoms with Crippen molar-refractivity contribution >= 4 is 34.4 Å². The highest BCUT2D eigenvalue weighted by atomic mass is 79.9. The Morgan fingerprint density at radius 2 is 2.16 bits per heavy atom. The molecule has 4 nitrogen and oxygen atoms in total. The van der Waals surface area contributed by atoms with Gasteiger partial charge in [-0.05, 0) is 29.9 Å². The molecule has 0 unspecified atom stereocenters. The molecule has 0 fully saturated rings. The summed E-state index contributed by atoms with van der Waals surface area (Å²) in [6.45, 7) is 0. The van der Waals surface area contributed by atoms with Gasteiger partial charge >= 0.3 is 6.18 Å². The minimum absolute atomic E-state index is 0.224. The zero-order chi connectivity index (χ0) is 14.0. The summed E-state index contributed by atoms with van der Waals surface area (Å²) < 4.78 is 39.0. The summed E-state index contributed by atoms with van der Waals surface area (Å²) in [6.07, 6.45) is -3.35. The molecule has 0 radical (unpaired) electrons. The number of rotatable bonds is 2. The fraction of sp³-hybridized carbons (Fsp3) is 0.100. The maximum absolute atomic E-state index is 12.6. The molecule has 100 valence electrons. The zero-order valence-electron chi connectivity index (χ0n) is 9.15. The number of benzene rings is 1. The van der Waals surface area contributed by atoms with Crippen molar-refractivity contribution in [1.29, 1.82) is 0 Å². The van der Waals surface area contributed by atoms with Crippen LogP contribution in [0.2, 0.25) is 0 Å². The monoisotopic (exact) mass is 350 g/mol. The van der Waals surface area contributed by atoms with Crippen molar-refractivity contribution in [2.45, 2.75) is 6.18 Å². The molecule has 1 aromatic carbocycles. The van der Waals surface area contributed by atoms with Crippen molar-refractivity contribution < 1.29 is 13.2 Å². The van der Waals surface area contributed by atoms with E-state index in [9.17, 15) is 13.2 Å². The first-order chi connectivity index (χ1) is 8.88. The fourth-order valence-corrected chi connectivity index (χ4v) is 1.89. The average molecular weight is 351 g/mol. The van der Waals surface area contributed by atoms with Crippen LogP contribution < -0.4 is 0 Å². The van der Waals surface area contributed by atoms with Gasteiger partial charge < -0.3 is 0 Å². The van der Waals surface area contributed by atoms with Crippen LogP contribution in [-0.4, -0.2) is 21.1 Å². The van der Waals surface area contributed by atoms with Gasteiger partial charge in [-0.1, -0.05) is 28.1 Å². The number of alkyl halides is 3. The van der Waals surface area contributed by atoms with Crippen molar-refractivity contribution in [2.24, 2.45) is 5.10 Å². The molecule has 0 atom stereocenters. The van der Waals surface area contributed by atoms with E-state index in [-0.39, 0.29) is 4.77 Å². The first kappa shape index (κ1) is 13.9. The number of hydrogen-bond acceptors (Lipinski definition) is 3. The third-order valence-corrected chi connectivity index (χ3v) is 2.83. The first-order valence-corrected chi connectivity index (χ1v) is 6.12. The second kappa shape index (κ2) is 5.25. The molecule has 0 saturated carbocycles. The van der Waals surface area contributed by atoms with Crippen LogP contribution in [0.4, 0.5) is 13.2 Å². The molecule has 2 rings (SSSR count). The minimum atomic E-state index is -4.62. The van der Waals surface area contributed by atoms with Crippen molar-refractivity contribution in [2.75, 3.05) is 0 Å². The van der Waals surface area contributed by atoms with E-state index >= 15 is 0 Å². The van der Waals surface area contributed by atoms with E-state index in [0.717, 1.165) is 4.47 Å². The highest BCUT2D eigenvalue weighted by Gasteiger charge is 2.37. The van der Waals surface area contributed by atoms with Crippen LogP contribution in [-0.2, 0) is 6.18 Å². The van der Waals surface area contributed by atoms with Crippen LogP contribution in [0.3, 0.4) is 0 Å². The molecule has 1 aromatic heterocycles. The van der Waals surface area contributed by atoms with Gasteiger partial charge in [-0.15, -0.1) is 5.10 Å². The van der Waals surface area contributed by atoms with Gasteiger partial charge in [0.1, 0.15) is 0 Å². The number of nitrogens with one attached hydrogen (secondary N) is 1. The number of halogens is 4. The zero-order valence-corrected chi connectivity index (χ0v) is 11.6. The highest BCUT2D eigenvalue weighted by Crippen LogP contribution is 2.27. The molecule has 0 amide bonds. The van der Waals surface area contributed by atoms with Gasteiger partial charge in [0.2, 0.25) is 4.77 Å². The minimum Gasteiger partial charge on any atom is -0.250 e. The summed E-state index contributed by atoms with van der Waals surface area (Å²) in [7, 11) is 0. The van der Waals surface area contributed by atoms with Gasteiger partial charge in [-0.25, -0.2) is 5.10 Å². The Kier molecular flexibility index (Phi) is 3.85. The van der Waals surface area contributed by atoms with E-state index in [2.05, 4.69) is 31.2 Å². The predicted molar refractivity (Wildman–Crippen MR) is 69.5 cm³/mol. The summed E-state index contributed by atoms with van der Waals surface area (Å²) in [5.74, 6) is -1.19. The van der Waals surface area contributed by atoms with Crippen LogP contribution in [0, 0.1) is 4.77 Å². The second-order valence-electron chi connectivity index (χ2n) is 3.46. The van der Waals surface area contributed by atoms with Crippen molar-refractivity contribution in [1.82, 2.24) is 14.9 Å². The van der Waals surface area contributed by atoms with Crippen molar-refractivity contribution in [3.05, 3.63) is 44.9 Å². The smallest absolute Gasteiger partial charge is 0.250 e. The summed E-state index contributed by atoms with van der Waals surface area (Å²) in [5, 5.41) is 8.88. The SMILES string of the molecule is FC(F)(F)c1n[nH]c(=S)n1/N=C/c1cccc(Br)c1. The van der Waals surface area contributed by atoms with E-state index in [0.29, 0.717) is 10.2 Å². The Hall–Kier alpha value is -1.48. The topological polar surface area (TPSA) is 46.0 Å². The summed E-state index contributed by atoms with van der Waals surface area (Å²) in [4.78, 5) is 0. The van der Waals surface area contributed by atoms with Gasteiger partial charge in [0, 0.05) is 4.47 Å². The van der Waals surface area contributed by atoms with E-state index in [1.807, 2.05) is 0 Å². The standard InChI is InChI=1S/C10H6BrF3N4S/c11-7-3-1-2-6(4-7)5-15-18-8(10(12,13)14)16-17-9(18)19/h1-5H,(H,17,19)/b15-5+. The fourth-order valence-electron chi connectivity index (χ4n) is 1.29. The quantitative estimate of drug-likeness (QED) is 0.664. The van der Waals surface area contributed by atoms with Crippen molar-refractivity contribution in [3.63, 3.8) is 0 Å². The molecular weight excluding hydrogens is 345 g/mol. The van der Waals surface area contributed by atoms with Gasteiger partial charge in [-0.2, -0.15) is 22.9 Å². The molecular formula is C10H6BrF3N4S. The predicted octanol–water partition coefficient (Wildman–Crippen LogP) is 3.60. The number of hydrogen-bond donors (Lipinski definition) is 1. The molecule has 0 bridgehead atoms. The average Bonchev–Trinajstić information content (AvgIpc) is 2.68. The molecule has 9 heteroatoms. The number of nitrogens with zero attached hydrogens (tertiary/aromatic N) is 3. The van der Waals surface area contributed by atoms with Gasteiger partial charge in [0.05, 0.1) is 6.21 Å². The molecule has 2 aromatic rings. The molecule has 0 aliphatic rings. The number of aromatic nitrogens is 3. The van der Waals surface area contributed by atoms with Gasteiger partial charge in [0.25, 0.3) is 5.82 Å². The van der Waals surface area contributed by atoms with E-state index < -0.39 is 12.0 Å². The van der Waals surface area contributed by atoms with E-state index in [1.165, 1.54) is 6.21 Å². The van der Waals surface area contributed by atoms with E-state index in [1.54, 1.807) is 24.3 Å². The summed E-state index contributed by atoms with van der Waals surface area (Å²) in [6, 6.07) is 6.94. The van der Waals surface area contributed by atoms with Crippen LogP contribution in [0.1, 0.15) is 11.4 Å². The molecule has 1 heterocycles. The van der Waals surface area contributed by atoms with Crippen LogP contribution in [0.15, 0.2) is 33.8 Å². The van der Waals surface area contributed by atoms with Crippen LogP contribution in [0.25, 0.3) is 0 Å². The van der Waals surface area contributed by atoms with Gasteiger partial charge in [-0.3, -0.25) is 0 Å². The lowest BCUT2D eigenvalue weighted by molar-refractivity contribution is -0.147. The third-order valence-electron chi connectivity index (χ3n) is 2.07. The van der Waals surface area contributed by atoms with E-state index in [4.69, 9.17) is 12.2 Å². The Bertz CT molecular complexity index is 674. The third kappa shape index (κ3) is 3.29.